The smallest absolute Gasteiger partial charge is 0.199 e. The van der Waals surface area contributed by atoms with Crippen molar-refractivity contribution in [1.82, 2.24) is 19.8 Å². The van der Waals surface area contributed by atoms with Crippen LogP contribution in [0.5, 0.6) is 5.75 Å². The van der Waals surface area contributed by atoms with Crippen LogP contribution < -0.4 is 4.74 Å². The van der Waals surface area contributed by atoms with Crippen molar-refractivity contribution in [3.05, 3.63) is 36.7 Å². The number of ether oxygens (including phenoxy) is 1. The molecule has 3 rings (SSSR count). The van der Waals surface area contributed by atoms with Crippen LogP contribution >= 0.6 is 0 Å². The van der Waals surface area contributed by atoms with Gasteiger partial charge in [0.1, 0.15) is 5.75 Å². The zero-order valence-corrected chi connectivity index (χ0v) is 8.64. The third-order valence-electron chi connectivity index (χ3n) is 2.39. The Labute approximate surface area is 91.7 Å². The van der Waals surface area contributed by atoms with Gasteiger partial charge < -0.3 is 9.72 Å². The summed E-state index contributed by atoms with van der Waals surface area (Å²) in [5.41, 5.74) is 2.67. The van der Waals surface area contributed by atoms with Gasteiger partial charge in [-0.1, -0.05) is 12.1 Å². The fourth-order valence-electron chi connectivity index (χ4n) is 1.59. The van der Waals surface area contributed by atoms with E-state index in [4.69, 9.17) is 4.74 Å². The van der Waals surface area contributed by atoms with Crippen LogP contribution in [0.3, 0.4) is 0 Å². The van der Waals surface area contributed by atoms with Crippen molar-refractivity contribution >= 4 is 5.65 Å². The second kappa shape index (κ2) is 3.37. The number of nitrogens with one attached hydrogen (secondary N) is 1. The molecule has 0 aliphatic carbocycles. The third kappa shape index (κ3) is 1.33. The molecular weight excluding hydrogens is 204 g/mol. The lowest BCUT2D eigenvalue weighted by molar-refractivity contribution is 0.415. The summed E-state index contributed by atoms with van der Waals surface area (Å²) in [5, 5.41) is 8.21. The molecule has 0 amide bonds. The van der Waals surface area contributed by atoms with E-state index in [1.165, 1.54) is 4.63 Å². The zero-order valence-electron chi connectivity index (χ0n) is 8.64. The first-order chi connectivity index (χ1) is 7.86. The molecule has 0 fully saturated rings. The van der Waals surface area contributed by atoms with Crippen LogP contribution in [0, 0.1) is 6.33 Å². The average molecular weight is 213 g/mol. The Hall–Kier alpha value is -2.30. The molecule has 5 heteroatoms. The molecule has 5 nitrogen and oxygen atoms in total. The van der Waals surface area contributed by atoms with Crippen LogP contribution in [0.2, 0.25) is 0 Å². The van der Waals surface area contributed by atoms with Crippen molar-refractivity contribution in [3.63, 3.8) is 0 Å². The number of fused-ring (bicyclic) bond motifs is 1. The lowest BCUT2D eigenvalue weighted by Crippen LogP contribution is -1.87. The molecule has 0 aliphatic rings. The Morgan fingerprint density at radius 2 is 2.31 bits per heavy atom. The van der Waals surface area contributed by atoms with Gasteiger partial charge in [0.25, 0.3) is 0 Å². The molecule has 3 aromatic rings. The minimum Gasteiger partial charge on any atom is -0.497 e. The highest BCUT2D eigenvalue weighted by Gasteiger charge is 2.06. The Balaban J connectivity index is 2.11. The number of aromatic amines is 1. The van der Waals surface area contributed by atoms with Crippen LogP contribution in [0.4, 0.5) is 0 Å². The third-order valence-corrected chi connectivity index (χ3v) is 2.39. The van der Waals surface area contributed by atoms with Crippen LogP contribution in [0.1, 0.15) is 0 Å². The summed E-state index contributed by atoms with van der Waals surface area (Å²) in [5.74, 6) is 0.814. The van der Waals surface area contributed by atoms with E-state index >= 15 is 0 Å². The number of nitrogens with zero attached hydrogens (tertiary/aromatic N) is 3. The number of rotatable bonds is 2. The molecule has 0 aliphatic heterocycles. The van der Waals surface area contributed by atoms with Gasteiger partial charge in [-0.2, -0.15) is 0 Å². The summed E-state index contributed by atoms with van der Waals surface area (Å²) in [7, 11) is 1.65. The summed E-state index contributed by atoms with van der Waals surface area (Å²) in [6.07, 6.45) is 2.62. The van der Waals surface area contributed by atoms with Crippen molar-refractivity contribution in [2.45, 2.75) is 0 Å². The number of H-pyrrole nitrogens is 1. The Bertz CT molecular complexity index is 597. The van der Waals surface area contributed by atoms with Gasteiger partial charge >= 0.3 is 0 Å². The minimum atomic E-state index is 0.814. The molecule has 0 saturated heterocycles. The lowest BCUT2D eigenvalue weighted by Gasteiger charge is -2.00. The Morgan fingerprint density at radius 1 is 1.38 bits per heavy atom. The van der Waals surface area contributed by atoms with Crippen LogP contribution in [0.15, 0.2) is 30.3 Å². The summed E-state index contributed by atoms with van der Waals surface area (Å²) in [6, 6.07) is 9.66. The molecule has 2 aromatic heterocycles. The van der Waals surface area contributed by atoms with E-state index in [1.54, 1.807) is 7.11 Å². The van der Waals surface area contributed by atoms with Gasteiger partial charge in [0.2, 0.25) is 0 Å². The predicted octanol–water partition coefficient (Wildman–Crippen LogP) is 1.53. The van der Waals surface area contributed by atoms with Gasteiger partial charge in [0.15, 0.2) is 12.0 Å². The Kier molecular flexibility index (Phi) is 1.89. The molecule has 79 valence electrons. The van der Waals surface area contributed by atoms with E-state index < -0.39 is 0 Å². The first kappa shape index (κ1) is 8.96. The van der Waals surface area contributed by atoms with E-state index in [1.807, 2.05) is 30.3 Å². The predicted molar refractivity (Wildman–Crippen MR) is 58.2 cm³/mol. The minimum absolute atomic E-state index is 0.814. The lowest BCUT2D eigenvalue weighted by atomic mass is 10.1. The Morgan fingerprint density at radius 3 is 3.12 bits per heavy atom. The van der Waals surface area contributed by atoms with Gasteiger partial charge in [0, 0.05) is 11.6 Å². The quantitative estimate of drug-likeness (QED) is 0.702. The molecule has 0 atom stereocenters. The second-order valence-electron chi connectivity index (χ2n) is 3.37. The number of aromatic nitrogens is 4. The molecule has 1 radical (unpaired) electrons. The van der Waals surface area contributed by atoms with Gasteiger partial charge in [-0.25, -0.2) is 0 Å². The monoisotopic (exact) mass is 213 g/mol. The van der Waals surface area contributed by atoms with Crippen molar-refractivity contribution in [2.24, 2.45) is 0 Å². The largest absolute Gasteiger partial charge is 0.497 e. The van der Waals surface area contributed by atoms with Crippen LogP contribution in [-0.2, 0) is 0 Å². The normalized spacial score (nSPS) is 10.8. The highest BCUT2D eigenvalue weighted by atomic mass is 16.5. The molecule has 2 heterocycles. The van der Waals surface area contributed by atoms with E-state index in [0.717, 1.165) is 22.7 Å². The maximum Gasteiger partial charge on any atom is 0.199 e. The molecule has 0 unspecified atom stereocenters. The van der Waals surface area contributed by atoms with E-state index in [9.17, 15) is 0 Å². The first-order valence-corrected chi connectivity index (χ1v) is 4.83. The topological polar surface area (TPSA) is 55.2 Å². The second-order valence-corrected chi connectivity index (χ2v) is 3.37. The summed E-state index contributed by atoms with van der Waals surface area (Å²) < 4.78 is 6.68. The van der Waals surface area contributed by atoms with Gasteiger partial charge in [-0.15, -0.1) is 14.8 Å². The molecule has 1 aromatic carbocycles. The number of hydrogen-bond acceptors (Lipinski definition) is 3. The molecule has 0 spiro atoms. The number of hydrogen-bond donors (Lipinski definition) is 1. The van der Waals surface area contributed by atoms with Crippen molar-refractivity contribution < 1.29 is 4.74 Å². The molecule has 1 N–H and O–H groups in total. The maximum atomic E-state index is 5.17. The van der Waals surface area contributed by atoms with E-state index in [2.05, 4.69) is 21.5 Å². The van der Waals surface area contributed by atoms with E-state index in [-0.39, 0.29) is 0 Å². The van der Waals surface area contributed by atoms with Gasteiger partial charge in [-0.3, -0.25) is 0 Å². The van der Waals surface area contributed by atoms with E-state index in [0.29, 0.717) is 0 Å². The molecule has 16 heavy (non-hydrogen) atoms. The highest BCUT2D eigenvalue weighted by Crippen LogP contribution is 2.22. The van der Waals surface area contributed by atoms with Gasteiger partial charge in [-0.05, 0) is 12.1 Å². The molecule has 0 saturated carbocycles. The van der Waals surface area contributed by atoms with Crippen LogP contribution in [-0.4, -0.2) is 26.9 Å². The van der Waals surface area contributed by atoms with Crippen molar-refractivity contribution in [1.29, 1.82) is 0 Å². The summed E-state index contributed by atoms with van der Waals surface area (Å²) in [6.45, 7) is 0. The molecule has 0 bridgehead atoms. The van der Waals surface area contributed by atoms with Gasteiger partial charge in [0.05, 0.1) is 12.8 Å². The number of methoxy groups -OCH3 is 1. The van der Waals surface area contributed by atoms with Crippen molar-refractivity contribution in [2.75, 3.05) is 7.11 Å². The molecular formula is C11H9N4O. The first-order valence-electron chi connectivity index (χ1n) is 4.83. The highest BCUT2D eigenvalue weighted by molar-refractivity contribution is 5.65. The fourth-order valence-corrected chi connectivity index (χ4v) is 1.59. The summed E-state index contributed by atoms with van der Waals surface area (Å²) in [4.78, 5) is 2.87. The zero-order chi connectivity index (χ0) is 11.0. The SMILES string of the molecule is COc1cccc(-c2cc3[nH][c]nn3n2)c1. The van der Waals surface area contributed by atoms with Crippen LogP contribution in [0.25, 0.3) is 16.9 Å². The summed E-state index contributed by atoms with van der Waals surface area (Å²) >= 11 is 0. The maximum absolute atomic E-state index is 5.17. The number of benzene rings is 1. The standard InChI is InChI=1S/C11H9N4O/c1-16-9-4-2-3-8(5-9)10-6-11-12-7-13-15(11)14-10/h2-6H,1H3,(H,12,13). The average Bonchev–Trinajstić information content (AvgIpc) is 2.89. The fraction of sp³-hybridized carbons (Fsp3) is 0.0909. The van der Waals surface area contributed by atoms with Crippen molar-refractivity contribution in [3.8, 4) is 17.0 Å².